The molecule has 2 aliphatic rings. The Morgan fingerprint density at radius 1 is 1.22 bits per heavy atom. The zero-order valence-corrected chi connectivity index (χ0v) is 21.4. The van der Waals surface area contributed by atoms with E-state index in [0.717, 1.165) is 19.6 Å². The summed E-state index contributed by atoms with van der Waals surface area (Å²) in [5.74, 6) is -2.38. The van der Waals surface area contributed by atoms with Crippen LogP contribution in [0.25, 0.3) is 5.76 Å². The van der Waals surface area contributed by atoms with Gasteiger partial charge in [0.05, 0.1) is 31.9 Å². The number of likely N-dealkylation sites (tertiary alicyclic amines) is 1. The maximum atomic E-state index is 13.3. The van der Waals surface area contributed by atoms with Crippen LogP contribution < -0.4 is 0 Å². The number of halogens is 1. The number of rotatable bonds is 7. The van der Waals surface area contributed by atoms with Crippen molar-refractivity contribution in [1.29, 1.82) is 0 Å². The van der Waals surface area contributed by atoms with E-state index in [1.807, 2.05) is 0 Å². The van der Waals surface area contributed by atoms with Gasteiger partial charge in [-0.1, -0.05) is 23.7 Å². The highest BCUT2D eigenvalue weighted by Crippen LogP contribution is 2.41. The number of benzene rings is 1. The Morgan fingerprint density at radius 2 is 1.94 bits per heavy atom. The Bertz CT molecular complexity index is 1210. The van der Waals surface area contributed by atoms with Crippen LogP contribution >= 0.6 is 11.6 Å². The van der Waals surface area contributed by atoms with Gasteiger partial charge >= 0.3 is 5.97 Å². The van der Waals surface area contributed by atoms with Crippen LogP contribution in [0.3, 0.4) is 0 Å². The first kappa shape index (κ1) is 25.9. The normalized spacial score (nSPS) is 20.2. The number of hydrogen-bond acceptors (Lipinski definition) is 7. The highest BCUT2D eigenvalue weighted by Gasteiger charge is 2.46. The molecule has 3 heterocycles. The molecule has 2 fully saturated rings. The molecule has 1 aromatic carbocycles. The van der Waals surface area contributed by atoms with E-state index >= 15 is 0 Å². The molecule has 0 unspecified atom stereocenters. The van der Waals surface area contributed by atoms with E-state index in [0.29, 0.717) is 53.6 Å². The summed E-state index contributed by atoms with van der Waals surface area (Å²) in [6.07, 6.45) is 0.652. The van der Waals surface area contributed by atoms with E-state index in [9.17, 15) is 19.5 Å². The zero-order valence-electron chi connectivity index (χ0n) is 20.6. The summed E-state index contributed by atoms with van der Waals surface area (Å²) in [5, 5.41) is 11.9. The smallest absolute Gasteiger partial charge is 0.354 e. The molecule has 0 aliphatic carbocycles. The first-order valence-electron chi connectivity index (χ1n) is 11.9. The summed E-state index contributed by atoms with van der Waals surface area (Å²) < 4.78 is 10.2. The monoisotopic (exact) mass is 515 g/mol. The van der Waals surface area contributed by atoms with Gasteiger partial charge < -0.3 is 24.5 Å². The SMILES string of the molecule is COC(=O)c1[nH]c(C)c(C(O)=C2C(=O)C(=O)N(CCCN3CCOCC3)[C@H]2c2cccc(Cl)c2)c1C. The lowest BCUT2D eigenvalue weighted by Gasteiger charge is -2.29. The van der Waals surface area contributed by atoms with Gasteiger partial charge in [-0.3, -0.25) is 14.5 Å². The van der Waals surface area contributed by atoms with Crippen molar-refractivity contribution < 1.29 is 29.0 Å². The Labute approximate surface area is 214 Å². The lowest BCUT2D eigenvalue weighted by Crippen LogP contribution is -2.38. The Hall–Kier alpha value is -3.14. The van der Waals surface area contributed by atoms with Crippen LogP contribution in [0, 0.1) is 13.8 Å². The first-order valence-corrected chi connectivity index (χ1v) is 12.2. The third kappa shape index (κ3) is 4.91. The van der Waals surface area contributed by atoms with Crippen LogP contribution in [-0.4, -0.2) is 84.1 Å². The number of amides is 1. The number of ether oxygens (including phenoxy) is 2. The fraction of sp³-hybridized carbons (Fsp3) is 0.423. The number of nitrogens with zero attached hydrogens (tertiary/aromatic N) is 2. The highest BCUT2D eigenvalue weighted by atomic mass is 35.5. The van der Waals surface area contributed by atoms with Crippen molar-refractivity contribution in [1.82, 2.24) is 14.8 Å². The van der Waals surface area contributed by atoms with Crippen LogP contribution in [-0.2, 0) is 19.1 Å². The lowest BCUT2D eigenvalue weighted by atomic mass is 9.94. The van der Waals surface area contributed by atoms with Gasteiger partial charge in [-0.25, -0.2) is 4.79 Å². The molecule has 1 atom stereocenters. The molecule has 0 bridgehead atoms. The van der Waals surface area contributed by atoms with Crippen molar-refractivity contribution in [2.24, 2.45) is 0 Å². The number of aliphatic hydroxyl groups is 1. The first-order chi connectivity index (χ1) is 17.2. The van der Waals surface area contributed by atoms with Crippen LogP contribution in [0.5, 0.6) is 0 Å². The molecule has 36 heavy (non-hydrogen) atoms. The molecule has 9 nitrogen and oxygen atoms in total. The Morgan fingerprint density at radius 3 is 2.61 bits per heavy atom. The van der Waals surface area contributed by atoms with Crippen molar-refractivity contribution in [3.05, 3.63) is 62.9 Å². The molecular weight excluding hydrogens is 486 g/mol. The van der Waals surface area contributed by atoms with Crippen LogP contribution in [0.4, 0.5) is 0 Å². The molecule has 10 heteroatoms. The van der Waals surface area contributed by atoms with E-state index in [1.54, 1.807) is 38.1 Å². The minimum Gasteiger partial charge on any atom is -0.507 e. The zero-order chi connectivity index (χ0) is 26.0. The predicted octanol–water partition coefficient (Wildman–Crippen LogP) is 3.22. The number of Topliss-reactive ketones (excluding diaryl/α,β-unsaturated/α-hetero) is 1. The maximum absolute atomic E-state index is 13.3. The predicted molar refractivity (Wildman–Crippen MR) is 134 cm³/mol. The molecule has 4 rings (SSSR count). The number of aromatic amines is 1. The summed E-state index contributed by atoms with van der Waals surface area (Å²) in [6.45, 7) is 7.42. The van der Waals surface area contributed by atoms with Gasteiger partial charge in [0.25, 0.3) is 11.7 Å². The quantitative estimate of drug-likeness (QED) is 0.252. The van der Waals surface area contributed by atoms with Crippen molar-refractivity contribution in [3.63, 3.8) is 0 Å². The van der Waals surface area contributed by atoms with Gasteiger partial charge in [0.2, 0.25) is 0 Å². The van der Waals surface area contributed by atoms with Crippen LogP contribution in [0.2, 0.25) is 5.02 Å². The van der Waals surface area contributed by atoms with Gasteiger partial charge in [0.1, 0.15) is 11.5 Å². The number of carbonyl (C=O) groups excluding carboxylic acids is 3. The van der Waals surface area contributed by atoms with Gasteiger partial charge in [0.15, 0.2) is 0 Å². The number of aromatic nitrogens is 1. The number of nitrogens with one attached hydrogen (secondary N) is 1. The van der Waals surface area contributed by atoms with Crippen LogP contribution in [0.15, 0.2) is 29.8 Å². The van der Waals surface area contributed by atoms with E-state index in [1.165, 1.54) is 12.0 Å². The number of carbonyl (C=O) groups is 3. The number of aliphatic hydroxyl groups excluding tert-OH is 1. The third-order valence-corrected chi connectivity index (χ3v) is 6.98. The molecule has 0 spiro atoms. The summed E-state index contributed by atoms with van der Waals surface area (Å²) in [4.78, 5) is 45.4. The van der Waals surface area contributed by atoms with E-state index in [4.69, 9.17) is 21.1 Å². The summed E-state index contributed by atoms with van der Waals surface area (Å²) in [7, 11) is 1.26. The number of hydrogen-bond donors (Lipinski definition) is 2. The fourth-order valence-electron chi connectivity index (χ4n) is 4.97. The number of H-pyrrole nitrogens is 1. The third-order valence-electron chi connectivity index (χ3n) is 6.75. The second-order valence-corrected chi connectivity index (χ2v) is 9.41. The second kappa shape index (κ2) is 10.9. The molecule has 1 aromatic heterocycles. The van der Waals surface area contributed by atoms with Gasteiger partial charge in [-0.15, -0.1) is 0 Å². The summed E-state index contributed by atoms with van der Waals surface area (Å²) >= 11 is 6.26. The highest BCUT2D eigenvalue weighted by molar-refractivity contribution is 6.46. The molecule has 2 aromatic rings. The largest absolute Gasteiger partial charge is 0.507 e. The number of aryl methyl sites for hydroxylation is 1. The number of esters is 1. The van der Waals surface area contributed by atoms with Crippen molar-refractivity contribution in [3.8, 4) is 0 Å². The van der Waals surface area contributed by atoms with Crippen LogP contribution in [0.1, 0.15) is 45.3 Å². The van der Waals surface area contributed by atoms with E-state index in [2.05, 4.69) is 9.88 Å². The molecule has 2 aliphatic heterocycles. The Balaban J connectivity index is 1.75. The average molecular weight is 516 g/mol. The number of morpholine rings is 1. The van der Waals surface area contributed by atoms with E-state index in [-0.39, 0.29) is 17.0 Å². The molecule has 1 amide bonds. The fourth-order valence-corrected chi connectivity index (χ4v) is 5.17. The molecule has 0 saturated carbocycles. The number of ketones is 1. The average Bonchev–Trinajstić information content (AvgIpc) is 3.31. The van der Waals surface area contributed by atoms with Gasteiger partial charge in [-0.05, 0) is 43.5 Å². The van der Waals surface area contributed by atoms with Crippen molar-refractivity contribution >= 4 is 35.0 Å². The molecular formula is C26H30ClN3O6. The molecule has 0 radical (unpaired) electrons. The van der Waals surface area contributed by atoms with E-state index < -0.39 is 23.7 Å². The maximum Gasteiger partial charge on any atom is 0.354 e. The summed E-state index contributed by atoms with van der Waals surface area (Å²) in [5.41, 5.74) is 1.97. The minimum absolute atomic E-state index is 0.0322. The Kier molecular flexibility index (Phi) is 7.82. The van der Waals surface area contributed by atoms with Crippen molar-refractivity contribution in [2.45, 2.75) is 26.3 Å². The molecule has 192 valence electrons. The van der Waals surface area contributed by atoms with Gasteiger partial charge in [0, 0.05) is 42.5 Å². The minimum atomic E-state index is -0.816. The second-order valence-electron chi connectivity index (χ2n) is 8.97. The molecule has 2 saturated heterocycles. The van der Waals surface area contributed by atoms with Crippen molar-refractivity contribution in [2.75, 3.05) is 46.5 Å². The van der Waals surface area contributed by atoms with Gasteiger partial charge in [-0.2, -0.15) is 0 Å². The summed E-state index contributed by atoms with van der Waals surface area (Å²) in [6, 6.07) is 6.11. The standard InChI is InChI=1S/C26H30ClN3O6/c1-15-19(16(2)28-21(15)26(34)35-3)23(31)20-22(17-6-4-7-18(27)14-17)30(25(33)24(20)32)9-5-8-29-10-12-36-13-11-29/h4,6-7,14,22,28,31H,5,8-13H2,1-3H3/t22-/m0/s1. The molecule has 2 N–H and O–H groups in total. The number of methoxy groups -OCH3 is 1. The topological polar surface area (TPSA) is 112 Å². The lowest BCUT2D eigenvalue weighted by molar-refractivity contribution is -0.140.